The molecule has 2 aromatic carbocycles. The molecule has 8 heteroatoms. The number of anilines is 1. The molecule has 1 aromatic heterocycles. The van der Waals surface area contributed by atoms with Gasteiger partial charge in [-0.05, 0) is 34.7 Å². The van der Waals surface area contributed by atoms with Gasteiger partial charge >= 0.3 is 0 Å². The van der Waals surface area contributed by atoms with Gasteiger partial charge in [-0.2, -0.15) is 0 Å². The van der Waals surface area contributed by atoms with E-state index in [0.717, 1.165) is 10.1 Å². The highest BCUT2D eigenvalue weighted by Gasteiger charge is 2.15. The number of benzene rings is 2. The van der Waals surface area contributed by atoms with Crippen molar-refractivity contribution in [3.05, 3.63) is 69.2 Å². The fourth-order valence-corrected chi connectivity index (χ4v) is 4.60. The molecule has 146 valence electrons. The lowest BCUT2D eigenvalue weighted by Crippen LogP contribution is -2.12. The summed E-state index contributed by atoms with van der Waals surface area (Å²) in [5.74, 6) is 0.447. The number of carbonyl (C=O) groups is 1. The van der Waals surface area contributed by atoms with Gasteiger partial charge in [0.2, 0.25) is 5.13 Å². The number of carbonyl (C=O) groups excluding carboxylic acids is 1. The van der Waals surface area contributed by atoms with Crippen molar-refractivity contribution in [3.63, 3.8) is 0 Å². The van der Waals surface area contributed by atoms with Gasteiger partial charge in [0.15, 0.2) is 4.34 Å². The highest BCUT2D eigenvalue weighted by atomic mass is 35.5. The zero-order chi connectivity index (χ0) is 20.3. The van der Waals surface area contributed by atoms with Crippen molar-refractivity contribution in [2.24, 2.45) is 0 Å². The third kappa shape index (κ3) is 5.47. The van der Waals surface area contributed by atoms with Crippen molar-refractivity contribution in [2.75, 3.05) is 5.32 Å². The van der Waals surface area contributed by atoms with E-state index < -0.39 is 0 Å². The Balaban J connectivity index is 1.59. The van der Waals surface area contributed by atoms with Gasteiger partial charge < -0.3 is 0 Å². The Labute approximate surface area is 182 Å². The van der Waals surface area contributed by atoms with E-state index in [2.05, 4.69) is 60.6 Å². The molecule has 0 bridgehead atoms. The molecule has 1 N–H and O–H groups in total. The first-order chi connectivity index (χ1) is 13.2. The van der Waals surface area contributed by atoms with Crippen LogP contribution in [0, 0.1) is 0 Å². The smallest absolute Gasteiger partial charge is 0.259 e. The molecule has 0 radical (unpaired) electrons. The van der Waals surface area contributed by atoms with E-state index in [-0.39, 0.29) is 11.3 Å². The number of aromatic nitrogens is 2. The maximum atomic E-state index is 12.3. The molecule has 0 aliphatic heterocycles. The molecule has 0 aliphatic carbocycles. The number of hydrogen-bond acceptors (Lipinski definition) is 5. The molecule has 3 rings (SSSR count). The van der Waals surface area contributed by atoms with Crippen molar-refractivity contribution >= 4 is 57.3 Å². The number of rotatable bonds is 5. The number of nitrogens with zero attached hydrogens (tertiary/aromatic N) is 2. The predicted octanol–water partition coefficient (Wildman–Crippen LogP) is 6.69. The summed E-state index contributed by atoms with van der Waals surface area (Å²) in [4.78, 5) is 12.3. The molecule has 1 amide bonds. The van der Waals surface area contributed by atoms with E-state index in [0.29, 0.717) is 20.7 Å². The Morgan fingerprint density at radius 1 is 1.11 bits per heavy atom. The minimum Gasteiger partial charge on any atom is -0.296 e. The summed E-state index contributed by atoms with van der Waals surface area (Å²) < 4.78 is 0.789. The molecule has 0 saturated heterocycles. The third-order valence-electron chi connectivity index (χ3n) is 3.98. The third-order valence-corrected chi connectivity index (χ3v) is 6.58. The predicted molar refractivity (Wildman–Crippen MR) is 119 cm³/mol. The van der Waals surface area contributed by atoms with Crippen LogP contribution in [0.5, 0.6) is 0 Å². The monoisotopic (exact) mass is 451 g/mol. The lowest BCUT2D eigenvalue weighted by molar-refractivity contribution is 0.102. The van der Waals surface area contributed by atoms with Gasteiger partial charge in [0.1, 0.15) is 0 Å². The topological polar surface area (TPSA) is 54.9 Å². The summed E-state index contributed by atoms with van der Waals surface area (Å²) in [6.45, 7) is 6.60. The van der Waals surface area contributed by atoms with Gasteiger partial charge in [-0.15, -0.1) is 10.2 Å². The van der Waals surface area contributed by atoms with Crippen LogP contribution in [-0.4, -0.2) is 16.1 Å². The van der Waals surface area contributed by atoms with E-state index in [9.17, 15) is 4.79 Å². The van der Waals surface area contributed by atoms with Crippen molar-refractivity contribution in [3.8, 4) is 0 Å². The van der Waals surface area contributed by atoms with Crippen LogP contribution in [0.15, 0.2) is 46.8 Å². The van der Waals surface area contributed by atoms with Gasteiger partial charge in [0.25, 0.3) is 5.91 Å². The molecule has 0 atom stereocenters. The molecule has 0 aliphatic rings. The molecule has 4 nitrogen and oxygen atoms in total. The van der Waals surface area contributed by atoms with Crippen LogP contribution in [0.1, 0.15) is 42.3 Å². The number of halogens is 2. The van der Waals surface area contributed by atoms with Gasteiger partial charge in [-0.1, -0.05) is 91.3 Å². The van der Waals surface area contributed by atoms with Gasteiger partial charge in [0.05, 0.1) is 10.6 Å². The summed E-state index contributed by atoms with van der Waals surface area (Å²) in [6, 6.07) is 13.3. The first-order valence-electron chi connectivity index (χ1n) is 8.54. The highest BCUT2D eigenvalue weighted by Crippen LogP contribution is 2.30. The van der Waals surface area contributed by atoms with Crippen molar-refractivity contribution in [1.29, 1.82) is 0 Å². The SMILES string of the molecule is CC(C)(C)c1ccc(CSc2nnc(NC(=O)c3ccc(Cl)cc3Cl)s2)cc1. The Kier molecular flexibility index (Phi) is 6.65. The van der Waals surface area contributed by atoms with Crippen molar-refractivity contribution in [1.82, 2.24) is 10.2 Å². The quantitative estimate of drug-likeness (QED) is 0.346. The Hall–Kier alpha value is -1.60. The van der Waals surface area contributed by atoms with E-state index in [4.69, 9.17) is 23.2 Å². The van der Waals surface area contributed by atoms with Crippen molar-refractivity contribution in [2.45, 2.75) is 36.3 Å². The molecular formula is C20H19Cl2N3OS2. The fourth-order valence-electron chi connectivity index (χ4n) is 2.40. The summed E-state index contributed by atoms with van der Waals surface area (Å²) >= 11 is 14.8. The average molecular weight is 452 g/mol. The second-order valence-corrected chi connectivity index (χ2v) is 10.2. The minimum atomic E-state index is -0.341. The van der Waals surface area contributed by atoms with Crippen LogP contribution in [-0.2, 0) is 11.2 Å². The summed E-state index contributed by atoms with van der Waals surface area (Å²) in [7, 11) is 0. The summed E-state index contributed by atoms with van der Waals surface area (Å²) in [5.41, 5.74) is 3.01. The lowest BCUT2D eigenvalue weighted by atomic mass is 9.87. The van der Waals surface area contributed by atoms with Crippen molar-refractivity contribution < 1.29 is 4.79 Å². The first kappa shape index (κ1) is 21.1. The van der Waals surface area contributed by atoms with E-state index >= 15 is 0 Å². The van der Waals surface area contributed by atoms with E-state index in [1.807, 2.05) is 0 Å². The number of nitrogens with one attached hydrogen (secondary N) is 1. The Morgan fingerprint density at radius 2 is 1.82 bits per heavy atom. The van der Waals surface area contributed by atoms with E-state index in [1.54, 1.807) is 23.9 Å². The van der Waals surface area contributed by atoms with Gasteiger partial charge in [0, 0.05) is 10.8 Å². The lowest BCUT2D eigenvalue weighted by Gasteiger charge is -2.19. The fraction of sp³-hybridized carbons (Fsp3) is 0.250. The standard InChI is InChI=1S/C20H19Cl2N3OS2/c1-20(2,3)13-6-4-12(5-7-13)11-27-19-25-24-18(28-19)23-17(26)15-9-8-14(21)10-16(15)22/h4-10H,11H2,1-3H3,(H,23,24,26). The first-order valence-corrected chi connectivity index (χ1v) is 11.1. The maximum absolute atomic E-state index is 12.3. The van der Waals surface area contributed by atoms with Gasteiger partial charge in [-0.3, -0.25) is 10.1 Å². The average Bonchev–Trinajstić information content (AvgIpc) is 3.07. The van der Waals surface area contributed by atoms with Crippen LogP contribution in [0.2, 0.25) is 10.0 Å². The molecular weight excluding hydrogens is 433 g/mol. The van der Waals surface area contributed by atoms with Crippen LogP contribution in [0.25, 0.3) is 0 Å². The zero-order valence-corrected chi connectivity index (χ0v) is 18.8. The Bertz CT molecular complexity index is 982. The maximum Gasteiger partial charge on any atom is 0.259 e. The molecule has 0 spiro atoms. The van der Waals surface area contributed by atoms with Crippen LogP contribution >= 0.6 is 46.3 Å². The number of thioether (sulfide) groups is 1. The summed E-state index contributed by atoms with van der Waals surface area (Å²) in [5, 5.41) is 12.1. The van der Waals surface area contributed by atoms with Crippen LogP contribution in [0.3, 0.4) is 0 Å². The molecule has 3 aromatic rings. The second-order valence-electron chi connectivity index (χ2n) is 7.19. The number of amides is 1. The molecule has 28 heavy (non-hydrogen) atoms. The molecule has 1 heterocycles. The van der Waals surface area contributed by atoms with Gasteiger partial charge in [-0.25, -0.2) is 0 Å². The molecule has 0 fully saturated rings. The largest absolute Gasteiger partial charge is 0.296 e. The van der Waals surface area contributed by atoms with Crippen LogP contribution in [0.4, 0.5) is 5.13 Å². The molecule has 0 saturated carbocycles. The Morgan fingerprint density at radius 3 is 2.46 bits per heavy atom. The second kappa shape index (κ2) is 8.82. The minimum absolute atomic E-state index is 0.144. The van der Waals surface area contributed by atoms with E-state index in [1.165, 1.54) is 28.5 Å². The highest BCUT2D eigenvalue weighted by molar-refractivity contribution is 8.00. The number of hydrogen-bond donors (Lipinski definition) is 1. The zero-order valence-electron chi connectivity index (χ0n) is 15.6. The van der Waals surface area contributed by atoms with Crippen LogP contribution < -0.4 is 5.32 Å². The summed E-state index contributed by atoms with van der Waals surface area (Å²) in [6.07, 6.45) is 0. The normalized spacial score (nSPS) is 11.5. The molecule has 0 unspecified atom stereocenters.